The Kier molecular flexibility index (Phi) is 10.8. The van der Waals surface area contributed by atoms with Crippen LogP contribution >= 0.6 is 0 Å². The molecular weight excluding hydrogens is 200 g/mol. The van der Waals surface area contributed by atoms with Crippen molar-refractivity contribution < 1.29 is 9.90 Å². The van der Waals surface area contributed by atoms with Crippen molar-refractivity contribution >= 4 is 5.97 Å². The molecule has 1 N–H and O–H groups in total. The molecule has 0 atom stereocenters. The van der Waals surface area contributed by atoms with Gasteiger partial charge in [0.05, 0.1) is 0 Å². The molecule has 2 heteroatoms. The van der Waals surface area contributed by atoms with Gasteiger partial charge in [0.25, 0.3) is 0 Å². The molecule has 0 unspecified atom stereocenters. The van der Waals surface area contributed by atoms with Crippen LogP contribution in [0.5, 0.6) is 0 Å². The van der Waals surface area contributed by atoms with Crippen molar-refractivity contribution in [3.05, 3.63) is 36.5 Å². The maximum atomic E-state index is 10.2. The average molecular weight is 222 g/mol. The van der Waals surface area contributed by atoms with Gasteiger partial charge in [0.15, 0.2) is 0 Å². The van der Waals surface area contributed by atoms with Crippen LogP contribution in [0.2, 0.25) is 0 Å². The number of aliphatic carboxylic acids is 1. The highest BCUT2D eigenvalue weighted by molar-refractivity contribution is 5.66. The molecule has 0 amide bonds. The monoisotopic (exact) mass is 222 g/mol. The van der Waals surface area contributed by atoms with E-state index in [-0.39, 0.29) is 6.42 Å². The zero-order valence-electron chi connectivity index (χ0n) is 10.1. The minimum Gasteiger partial charge on any atom is -0.481 e. The Morgan fingerprint density at radius 1 is 1.00 bits per heavy atom. The number of carbonyl (C=O) groups is 1. The maximum Gasteiger partial charge on any atom is 0.303 e. The molecule has 0 rings (SSSR count). The Morgan fingerprint density at radius 2 is 1.56 bits per heavy atom. The van der Waals surface area contributed by atoms with Crippen molar-refractivity contribution in [2.75, 3.05) is 0 Å². The highest BCUT2D eigenvalue weighted by Gasteiger charge is 1.92. The summed E-state index contributed by atoms with van der Waals surface area (Å²) in [6, 6.07) is 0. The third kappa shape index (κ3) is 12.7. The fourth-order valence-electron chi connectivity index (χ4n) is 1.20. The molecule has 16 heavy (non-hydrogen) atoms. The number of allylic oxidation sites excluding steroid dienone is 6. The van der Waals surface area contributed by atoms with E-state index in [2.05, 4.69) is 43.4 Å². The van der Waals surface area contributed by atoms with Crippen molar-refractivity contribution in [3.8, 4) is 0 Å². The molecule has 90 valence electrons. The number of unbranched alkanes of at least 4 members (excludes halogenated alkanes) is 1. The van der Waals surface area contributed by atoms with E-state index in [4.69, 9.17) is 5.11 Å². The number of hydrogen-bond donors (Lipinski definition) is 1. The molecule has 0 spiro atoms. The van der Waals surface area contributed by atoms with Crippen LogP contribution in [-0.2, 0) is 4.79 Å². The lowest BCUT2D eigenvalue weighted by molar-refractivity contribution is -0.137. The lowest BCUT2D eigenvalue weighted by Gasteiger charge is -1.89. The summed E-state index contributed by atoms with van der Waals surface area (Å²) in [5, 5.41) is 8.42. The highest BCUT2D eigenvalue weighted by Crippen LogP contribution is 1.98. The van der Waals surface area contributed by atoms with Gasteiger partial charge in [0.2, 0.25) is 0 Å². The van der Waals surface area contributed by atoms with Gasteiger partial charge in [-0.25, -0.2) is 0 Å². The van der Waals surface area contributed by atoms with Gasteiger partial charge in [-0.1, -0.05) is 43.4 Å². The van der Waals surface area contributed by atoms with Crippen LogP contribution in [0.15, 0.2) is 36.5 Å². The third-order valence-electron chi connectivity index (χ3n) is 2.04. The smallest absolute Gasteiger partial charge is 0.303 e. The van der Waals surface area contributed by atoms with Gasteiger partial charge in [-0.3, -0.25) is 4.79 Å². The molecule has 0 saturated carbocycles. The lowest BCUT2D eigenvalue weighted by atomic mass is 10.2. The van der Waals surface area contributed by atoms with E-state index >= 15 is 0 Å². The molecule has 0 fully saturated rings. The molecule has 0 bridgehead atoms. The minimum atomic E-state index is -0.712. The highest BCUT2D eigenvalue weighted by atomic mass is 16.4. The second-order valence-corrected chi connectivity index (χ2v) is 3.58. The van der Waals surface area contributed by atoms with E-state index in [1.54, 1.807) is 0 Å². The van der Waals surface area contributed by atoms with Gasteiger partial charge in [-0.05, 0) is 32.1 Å². The van der Waals surface area contributed by atoms with Crippen LogP contribution in [0.3, 0.4) is 0 Å². The largest absolute Gasteiger partial charge is 0.481 e. The van der Waals surface area contributed by atoms with Gasteiger partial charge < -0.3 is 5.11 Å². The predicted octanol–water partition coefficient (Wildman–Crippen LogP) is 4.10. The second-order valence-electron chi connectivity index (χ2n) is 3.58. The molecule has 0 aliphatic heterocycles. The topological polar surface area (TPSA) is 37.3 Å². The van der Waals surface area contributed by atoms with Crippen molar-refractivity contribution in [3.63, 3.8) is 0 Å². The van der Waals surface area contributed by atoms with E-state index in [0.29, 0.717) is 0 Å². The zero-order chi connectivity index (χ0) is 12.1. The fraction of sp³-hybridized carbons (Fsp3) is 0.500. The summed E-state index contributed by atoms with van der Waals surface area (Å²) in [6.07, 6.45) is 17.6. The van der Waals surface area contributed by atoms with Crippen LogP contribution in [-0.4, -0.2) is 11.1 Å². The molecule has 0 aromatic rings. The summed E-state index contributed by atoms with van der Waals surface area (Å²) in [4.78, 5) is 10.2. The van der Waals surface area contributed by atoms with E-state index < -0.39 is 5.97 Å². The Morgan fingerprint density at radius 3 is 2.12 bits per heavy atom. The third-order valence-corrected chi connectivity index (χ3v) is 2.04. The van der Waals surface area contributed by atoms with Crippen molar-refractivity contribution in [2.45, 2.75) is 45.4 Å². The summed E-state index contributed by atoms with van der Waals surface area (Å²) >= 11 is 0. The quantitative estimate of drug-likeness (QED) is 0.471. The predicted molar refractivity (Wildman–Crippen MR) is 68.4 cm³/mol. The van der Waals surface area contributed by atoms with Gasteiger partial charge in [0.1, 0.15) is 0 Å². The first-order valence-corrected chi connectivity index (χ1v) is 5.94. The molecule has 2 nitrogen and oxygen atoms in total. The summed E-state index contributed by atoms with van der Waals surface area (Å²) in [5.41, 5.74) is 0. The van der Waals surface area contributed by atoms with Gasteiger partial charge in [-0.15, -0.1) is 0 Å². The van der Waals surface area contributed by atoms with E-state index in [1.165, 1.54) is 0 Å². The standard InChI is InChI=1S/C14H22O2/c1-2-3-4-5-6-7-8-9-10-11-12-13-14(15)16/h3-4,6-7,9-10H,2,5,8,11-13H2,1H3,(H,15,16). The summed E-state index contributed by atoms with van der Waals surface area (Å²) in [7, 11) is 0. The van der Waals surface area contributed by atoms with Crippen LogP contribution in [0, 0.1) is 0 Å². The Bertz CT molecular complexity index is 249. The van der Waals surface area contributed by atoms with Crippen LogP contribution in [0.25, 0.3) is 0 Å². The molecular formula is C14H22O2. The molecule has 0 radical (unpaired) electrons. The van der Waals surface area contributed by atoms with Crippen LogP contribution in [0.4, 0.5) is 0 Å². The first kappa shape index (κ1) is 14.7. The van der Waals surface area contributed by atoms with Crippen molar-refractivity contribution in [1.82, 2.24) is 0 Å². The Balaban J connectivity index is 3.33. The van der Waals surface area contributed by atoms with Gasteiger partial charge in [0, 0.05) is 6.42 Å². The van der Waals surface area contributed by atoms with Crippen LogP contribution < -0.4 is 0 Å². The van der Waals surface area contributed by atoms with Gasteiger partial charge >= 0.3 is 5.97 Å². The lowest BCUT2D eigenvalue weighted by Crippen LogP contribution is -1.92. The van der Waals surface area contributed by atoms with E-state index in [1.807, 2.05) is 0 Å². The maximum absolute atomic E-state index is 10.2. The molecule has 0 saturated heterocycles. The molecule has 0 aromatic heterocycles. The Labute approximate surface area is 98.4 Å². The van der Waals surface area contributed by atoms with Gasteiger partial charge in [-0.2, -0.15) is 0 Å². The first-order valence-electron chi connectivity index (χ1n) is 5.94. The fourth-order valence-corrected chi connectivity index (χ4v) is 1.20. The van der Waals surface area contributed by atoms with E-state index in [9.17, 15) is 4.79 Å². The first-order chi connectivity index (χ1) is 7.77. The number of carboxylic acids is 1. The number of hydrogen-bond acceptors (Lipinski definition) is 1. The average Bonchev–Trinajstić information content (AvgIpc) is 2.25. The summed E-state index contributed by atoms with van der Waals surface area (Å²) < 4.78 is 0. The number of rotatable bonds is 9. The molecule has 0 aliphatic rings. The molecule has 0 heterocycles. The van der Waals surface area contributed by atoms with Crippen molar-refractivity contribution in [2.24, 2.45) is 0 Å². The molecule has 0 aliphatic carbocycles. The number of carboxylic acid groups (broad SMARTS) is 1. The normalized spacial score (nSPS) is 12.1. The summed E-state index contributed by atoms with van der Waals surface area (Å²) in [6.45, 7) is 2.13. The van der Waals surface area contributed by atoms with E-state index in [0.717, 1.165) is 32.1 Å². The van der Waals surface area contributed by atoms with Crippen molar-refractivity contribution in [1.29, 1.82) is 0 Å². The Hall–Kier alpha value is -1.31. The second kappa shape index (κ2) is 11.8. The zero-order valence-corrected chi connectivity index (χ0v) is 10.1. The minimum absolute atomic E-state index is 0.266. The summed E-state index contributed by atoms with van der Waals surface area (Å²) in [5.74, 6) is -0.712. The molecule has 0 aromatic carbocycles. The SMILES string of the molecule is CCC=CCC=CCC=CCCCC(=O)O. The van der Waals surface area contributed by atoms with Crippen LogP contribution in [0.1, 0.15) is 45.4 Å².